The third kappa shape index (κ3) is 0.389. The van der Waals surface area contributed by atoms with E-state index in [1.807, 2.05) is 0 Å². The lowest BCUT2D eigenvalue weighted by atomic mass is 10.0. The molecule has 50 valence electrons. The highest BCUT2D eigenvalue weighted by atomic mass is 14.9. The highest BCUT2D eigenvalue weighted by Crippen LogP contribution is 2.64. The molecule has 0 aromatic carbocycles. The van der Waals surface area contributed by atoms with E-state index in [0.29, 0.717) is 6.04 Å². The number of fused-ring (bicyclic) bond motifs is 5. The molecule has 0 saturated heterocycles. The summed E-state index contributed by atoms with van der Waals surface area (Å²) in [5.41, 5.74) is 5.89. The summed E-state index contributed by atoms with van der Waals surface area (Å²) < 4.78 is 0. The smallest absolute Gasteiger partial charge is 0.0108 e. The zero-order valence-corrected chi connectivity index (χ0v) is 5.59. The van der Waals surface area contributed by atoms with Crippen LogP contribution in [0.2, 0.25) is 0 Å². The molecule has 2 N–H and O–H groups in total. The van der Waals surface area contributed by atoms with Crippen molar-refractivity contribution >= 4 is 0 Å². The van der Waals surface area contributed by atoms with Crippen LogP contribution in [0.5, 0.6) is 0 Å². The highest BCUT2D eigenvalue weighted by Gasteiger charge is 2.63. The third-order valence-electron chi connectivity index (χ3n) is 3.79. The monoisotopic (exact) mass is 123 g/mol. The molecule has 0 unspecified atom stereocenters. The SMILES string of the molecule is NC1[C@@H]2[C@@H]3CC[C@H](C3)[C@@H]12. The molecule has 0 amide bonds. The third-order valence-corrected chi connectivity index (χ3v) is 3.79. The lowest BCUT2D eigenvalue weighted by Crippen LogP contribution is -2.11. The summed E-state index contributed by atoms with van der Waals surface area (Å²) in [6.07, 6.45) is 4.53. The molecular formula is C8H13N. The van der Waals surface area contributed by atoms with Gasteiger partial charge in [-0.2, -0.15) is 0 Å². The molecule has 4 atom stereocenters. The number of hydrogen-bond acceptors (Lipinski definition) is 1. The van der Waals surface area contributed by atoms with E-state index in [-0.39, 0.29) is 0 Å². The van der Waals surface area contributed by atoms with E-state index in [2.05, 4.69) is 0 Å². The zero-order chi connectivity index (χ0) is 6.01. The van der Waals surface area contributed by atoms with Crippen molar-refractivity contribution in [2.45, 2.75) is 25.3 Å². The average molecular weight is 123 g/mol. The quantitative estimate of drug-likeness (QED) is 0.510. The van der Waals surface area contributed by atoms with Crippen molar-refractivity contribution < 1.29 is 0 Å². The fourth-order valence-corrected chi connectivity index (χ4v) is 3.39. The first-order chi connectivity index (χ1) is 4.38. The maximum Gasteiger partial charge on any atom is 0.0108 e. The second kappa shape index (κ2) is 1.20. The molecule has 0 aromatic heterocycles. The van der Waals surface area contributed by atoms with Crippen LogP contribution in [0.15, 0.2) is 0 Å². The summed E-state index contributed by atoms with van der Waals surface area (Å²) in [6.45, 7) is 0. The van der Waals surface area contributed by atoms with Gasteiger partial charge in [0.1, 0.15) is 0 Å². The Balaban J connectivity index is 1.96. The first kappa shape index (κ1) is 4.73. The molecule has 0 aromatic rings. The zero-order valence-electron chi connectivity index (χ0n) is 5.59. The minimum atomic E-state index is 0.635. The van der Waals surface area contributed by atoms with Gasteiger partial charge in [-0.3, -0.25) is 0 Å². The van der Waals surface area contributed by atoms with Crippen LogP contribution in [-0.2, 0) is 0 Å². The second-order valence-corrected chi connectivity index (χ2v) is 4.07. The second-order valence-electron chi connectivity index (χ2n) is 4.07. The van der Waals surface area contributed by atoms with Gasteiger partial charge in [-0.15, -0.1) is 0 Å². The molecule has 0 spiro atoms. The van der Waals surface area contributed by atoms with Gasteiger partial charge in [0, 0.05) is 6.04 Å². The van der Waals surface area contributed by atoms with E-state index in [9.17, 15) is 0 Å². The van der Waals surface area contributed by atoms with E-state index < -0.39 is 0 Å². The van der Waals surface area contributed by atoms with Gasteiger partial charge in [-0.05, 0) is 42.9 Å². The molecule has 3 aliphatic rings. The van der Waals surface area contributed by atoms with Gasteiger partial charge in [0.2, 0.25) is 0 Å². The highest BCUT2D eigenvalue weighted by molar-refractivity contribution is 5.15. The number of nitrogens with two attached hydrogens (primary N) is 1. The van der Waals surface area contributed by atoms with Gasteiger partial charge in [0.25, 0.3) is 0 Å². The Labute approximate surface area is 55.6 Å². The predicted molar refractivity (Wildman–Crippen MR) is 35.8 cm³/mol. The summed E-state index contributed by atoms with van der Waals surface area (Å²) in [4.78, 5) is 0. The lowest BCUT2D eigenvalue weighted by molar-refractivity contribution is 0.456. The fraction of sp³-hybridized carbons (Fsp3) is 1.00. The molecule has 3 saturated carbocycles. The van der Waals surface area contributed by atoms with Crippen LogP contribution in [-0.4, -0.2) is 6.04 Å². The Morgan fingerprint density at radius 2 is 1.56 bits per heavy atom. The minimum absolute atomic E-state index is 0.635. The fourth-order valence-electron chi connectivity index (χ4n) is 3.39. The molecule has 1 heteroatoms. The first-order valence-corrected chi connectivity index (χ1v) is 4.13. The molecular weight excluding hydrogens is 110 g/mol. The Morgan fingerprint density at radius 1 is 1.00 bits per heavy atom. The Hall–Kier alpha value is -0.0400. The summed E-state index contributed by atoms with van der Waals surface area (Å²) in [5.74, 6) is 4.11. The predicted octanol–water partition coefficient (Wildman–Crippen LogP) is 0.990. The van der Waals surface area contributed by atoms with Crippen LogP contribution in [0.3, 0.4) is 0 Å². The normalized spacial score (nSPS) is 68.3. The first-order valence-electron chi connectivity index (χ1n) is 4.13. The maximum atomic E-state index is 5.89. The van der Waals surface area contributed by atoms with Gasteiger partial charge in [-0.25, -0.2) is 0 Å². The average Bonchev–Trinajstić information content (AvgIpc) is 2.29. The van der Waals surface area contributed by atoms with E-state index in [0.717, 1.165) is 23.7 Å². The van der Waals surface area contributed by atoms with Gasteiger partial charge >= 0.3 is 0 Å². The van der Waals surface area contributed by atoms with E-state index in [1.165, 1.54) is 19.3 Å². The van der Waals surface area contributed by atoms with Crippen molar-refractivity contribution in [2.24, 2.45) is 29.4 Å². The molecule has 3 aliphatic carbocycles. The molecule has 0 heterocycles. The van der Waals surface area contributed by atoms with Gasteiger partial charge in [0.15, 0.2) is 0 Å². The van der Waals surface area contributed by atoms with Crippen molar-refractivity contribution in [1.29, 1.82) is 0 Å². The summed E-state index contributed by atoms with van der Waals surface area (Å²) in [6, 6.07) is 0.635. The largest absolute Gasteiger partial charge is 0.327 e. The Morgan fingerprint density at radius 3 is 2.00 bits per heavy atom. The van der Waals surface area contributed by atoms with E-state index >= 15 is 0 Å². The van der Waals surface area contributed by atoms with Crippen LogP contribution in [0.1, 0.15) is 19.3 Å². The standard InChI is InChI=1S/C8H13N/c9-8-6-4-1-2-5(3-4)7(6)8/h4-8H,1-3,9H2/t4-,5-,6-,7-/m1/s1. The molecule has 0 radical (unpaired) electrons. The van der Waals surface area contributed by atoms with Crippen LogP contribution in [0, 0.1) is 23.7 Å². The molecule has 3 rings (SSSR count). The summed E-state index contributed by atoms with van der Waals surface area (Å²) >= 11 is 0. The minimum Gasteiger partial charge on any atom is -0.327 e. The molecule has 1 nitrogen and oxygen atoms in total. The molecule has 3 fully saturated rings. The van der Waals surface area contributed by atoms with Crippen molar-refractivity contribution in [3.8, 4) is 0 Å². The Kier molecular flexibility index (Phi) is 0.628. The van der Waals surface area contributed by atoms with Gasteiger partial charge in [-0.1, -0.05) is 0 Å². The topological polar surface area (TPSA) is 26.0 Å². The summed E-state index contributed by atoms with van der Waals surface area (Å²) in [7, 11) is 0. The number of hydrogen-bond donors (Lipinski definition) is 1. The van der Waals surface area contributed by atoms with Gasteiger partial charge < -0.3 is 5.73 Å². The van der Waals surface area contributed by atoms with E-state index in [1.54, 1.807) is 0 Å². The van der Waals surface area contributed by atoms with Crippen LogP contribution >= 0.6 is 0 Å². The number of rotatable bonds is 0. The lowest BCUT2D eigenvalue weighted by Gasteiger charge is -2.03. The maximum absolute atomic E-state index is 5.89. The van der Waals surface area contributed by atoms with Gasteiger partial charge in [0.05, 0.1) is 0 Å². The Bertz CT molecular complexity index is 135. The van der Waals surface area contributed by atoms with Crippen molar-refractivity contribution in [3.63, 3.8) is 0 Å². The van der Waals surface area contributed by atoms with Crippen LogP contribution in [0.4, 0.5) is 0 Å². The van der Waals surface area contributed by atoms with Crippen molar-refractivity contribution in [1.82, 2.24) is 0 Å². The summed E-state index contributed by atoms with van der Waals surface area (Å²) in [5, 5.41) is 0. The van der Waals surface area contributed by atoms with Crippen LogP contribution < -0.4 is 5.73 Å². The molecule has 2 bridgehead atoms. The van der Waals surface area contributed by atoms with Crippen molar-refractivity contribution in [2.75, 3.05) is 0 Å². The van der Waals surface area contributed by atoms with Crippen molar-refractivity contribution in [3.05, 3.63) is 0 Å². The van der Waals surface area contributed by atoms with E-state index in [4.69, 9.17) is 5.73 Å². The molecule has 0 aliphatic heterocycles. The molecule has 9 heavy (non-hydrogen) atoms. The van der Waals surface area contributed by atoms with Crippen LogP contribution in [0.25, 0.3) is 0 Å².